The zero-order chi connectivity index (χ0) is 18.3. The van der Waals surface area contributed by atoms with Gasteiger partial charge in [-0.05, 0) is 48.0 Å². The van der Waals surface area contributed by atoms with Crippen molar-refractivity contribution < 1.29 is 24.2 Å². The van der Waals surface area contributed by atoms with Crippen LogP contribution in [0.5, 0.6) is 11.5 Å². The molecule has 0 aliphatic carbocycles. The van der Waals surface area contributed by atoms with Gasteiger partial charge < -0.3 is 14.6 Å². The average Bonchev–Trinajstić information content (AvgIpc) is 2.54. The Kier molecular flexibility index (Phi) is 7.85. The molecule has 2 rings (SSSR count). The second kappa shape index (κ2) is 9.37. The number of hydrogen-bond acceptors (Lipinski definition) is 4. The van der Waals surface area contributed by atoms with E-state index in [1.807, 2.05) is 0 Å². The second-order valence-corrected chi connectivity index (χ2v) is 5.48. The molecule has 2 aromatic rings. The van der Waals surface area contributed by atoms with Gasteiger partial charge in [0.05, 0.1) is 19.8 Å². The first-order valence-electron chi connectivity index (χ1n) is 6.40. The molecule has 0 amide bonds. The Morgan fingerprint density at radius 2 is 1.29 bits per heavy atom. The fraction of sp³-hybridized carbons (Fsp3) is 0.125. The van der Waals surface area contributed by atoms with Gasteiger partial charge in [-0.25, -0.2) is 4.79 Å². The Balaban J connectivity index is 0.000000240. The lowest BCUT2D eigenvalue weighted by atomic mass is 10.2. The Morgan fingerprint density at radius 3 is 1.67 bits per heavy atom. The maximum atomic E-state index is 10.8. The van der Waals surface area contributed by atoms with Crippen molar-refractivity contribution >= 4 is 46.0 Å². The molecule has 0 bridgehead atoms. The highest BCUT2D eigenvalue weighted by Crippen LogP contribution is 2.24. The van der Waals surface area contributed by atoms with Crippen LogP contribution in [0.25, 0.3) is 0 Å². The Labute approximate surface area is 153 Å². The molecule has 0 unspecified atom stereocenters. The van der Waals surface area contributed by atoms with Gasteiger partial charge in [0.25, 0.3) is 5.24 Å². The number of hydrogen-bond donors (Lipinski definition) is 1. The number of rotatable bonds is 4. The van der Waals surface area contributed by atoms with E-state index in [0.717, 1.165) is 0 Å². The van der Waals surface area contributed by atoms with Gasteiger partial charge in [0, 0.05) is 10.0 Å². The van der Waals surface area contributed by atoms with Gasteiger partial charge in [-0.1, -0.05) is 23.2 Å². The van der Waals surface area contributed by atoms with Crippen LogP contribution in [-0.2, 0) is 0 Å². The van der Waals surface area contributed by atoms with E-state index in [0.29, 0.717) is 21.4 Å². The number of aromatic carboxylic acids is 1. The SMILES string of the molecule is COc1cc(Cl)ccc1C(=O)Cl.COc1cc(Cl)ccc1C(=O)O. The van der Waals surface area contributed by atoms with Crippen LogP contribution in [-0.4, -0.2) is 30.5 Å². The maximum absolute atomic E-state index is 10.8. The molecule has 0 aromatic heterocycles. The van der Waals surface area contributed by atoms with Gasteiger partial charge in [-0.2, -0.15) is 0 Å². The molecule has 0 heterocycles. The van der Waals surface area contributed by atoms with E-state index < -0.39 is 11.2 Å². The highest BCUT2D eigenvalue weighted by Gasteiger charge is 2.10. The number of carboxylic acids is 1. The van der Waals surface area contributed by atoms with Gasteiger partial charge in [0.1, 0.15) is 17.1 Å². The van der Waals surface area contributed by atoms with E-state index >= 15 is 0 Å². The standard InChI is InChI=1S/C8H6Cl2O2.C8H7ClO3/c2*1-12-7-4-5(9)2-3-6(7)8(10)11/h2-4H,1H3;2-4H,1H3,(H,10,11). The first-order chi connectivity index (χ1) is 11.3. The van der Waals surface area contributed by atoms with Crippen molar-refractivity contribution in [3.05, 3.63) is 57.6 Å². The number of carbonyl (C=O) groups excluding carboxylic acids is 1. The molecule has 0 aliphatic heterocycles. The Hall–Kier alpha value is -1.95. The third kappa shape index (κ3) is 5.60. The lowest BCUT2D eigenvalue weighted by Gasteiger charge is -2.03. The Morgan fingerprint density at radius 1 is 0.875 bits per heavy atom. The Bertz CT molecular complexity index is 683. The van der Waals surface area contributed by atoms with Crippen molar-refractivity contribution in [1.29, 1.82) is 0 Å². The molecular formula is C16H13Cl3O5. The minimum atomic E-state index is -1.02. The summed E-state index contributed by atoms with van der Waals surface area (Å²) in [6.45, 7) is 0. The maximum Gasteiger partial charge on any atom is 0.339 e. The van der Waals surface area contributed by atoms with Crippen molar-refractivity contribution in [2.75, 3.05) is 14.2 Å². The molecule has 0 fully saturated rings. The molecule has 0 aliphatic rings. The van der Waals surface area contributed by atoms with Gasteiger partial charge in [0.2, 0.25) is 0 Å². The zero-order valence-corrected chi connectivity index (χ0v) is 14.9. The van der Waals surface area contributed by atoms with Crippen LogP contribution < -0.4 is 9.47 Å². The quantitative estimate of drug-likeness (QED) is 0.760. The van der Waals surface area contributed by atoms with Crippen molar-refractivity contribution in [3.8, 4) is 11.5 Å². The average molecular weight is 392 g/mol. The monoisotopic (exact) mass is 390 g/mol. The van der Waals surface area contributed by atoms with Crippen LogP contribution in [0, 0.1) is 0 Å². The summed E-state index contributed by atoms with van der Waals surface area (Å²) in [6, 6.07) is 9.02. The third-order valence-electron chi connectivity index (χ3n) is 2.77. The van der Waals surface area contributed by atoms with Crippen molar-refractivity contribution in [1.82, 2.24) is 0 Å². The highest BCUT2D eigenvalue weighted by atomic mass is 35.5. The molecule has 128 valence electrons. The fourth-order valence-electron chi connectivity index (χ4n) is 1.67. The minimum absolute atomic E-state index is 0.113. The van der Waals surface area contributed by atoms with E-state index in [1.165, 1.54) is 44.6 Å². The second-order valence-electron chi connectivity index (χ2n) is 4.27. The van der Waals surface area contributed by atoms with Gasteiger partial charge in [-0.15, -0.1) is 0 Å². The molecule has 2 aromatic carbocycles. The summed E-state index contributed by atoms with van der Waals surface area (Å²) in [6.07, 6.45) is 0. The van der Waals surface area contributed by atoms with Crippen LogP contribution >= 0.6 is 34.8 Å². The largest absolute Gasteiger partial charge is 0.496 e. The molecule has 0 spiro atoms. The predicted molar refractivity (Wildman–Crippen MR) is 93.2 cm³/mol. The van der Waals surface area contributed by atoms with E-state index in [9.17, 15) is 9.59 Å². The molecule has 0 atom stereocenters. The number of methoxy groups -OCH3 is 2. The first-order valence-corrected chi connectivity index (χ1v) is 7.53. The molecular weight excluding hydrogens is 379 g/mol. The topological polar surface area (TPSA) is 72.8 Å². The van der Waals surface area contributed by atoms with Crippen LogP contribution in [0.15, 0.2) is 36.4 Å². The van der Waals surface area contributed by atoms with Crippen LogP contribution in [0.4, 0.5) is 0 Å². The van der Waals surface area contributed by atoms with E-state index in [1.54, 1.807) is 6.07 Å². The lowest BCUT2D eigenvalue weighted by molar-refractivity contribution is 0.0693. The van der Waals surface area contributed by atoms with Crippen molar-refractivity contribution in [3.63, 3.8) is 0 Å². The van der Waals surface area contributed by atoms with Crippen molar-refractivity contribution in [2.45, 2.75) is 0 Å². The summed E-state index contributed by atoms with van der Waals surface area (Å²) in [5, 5.41) is 9.08. The smallest absolute Gasteiger partial charge is 0.339 e. The third-order valence-corrected chi connectivity index (χ3v) is 3.44. The van der Waals surface area contributed by atoms with E-state index in [-0.39, 0.29) is 11.3 Å². The highest BCUT2D eigenvalue weighted by molar-refractivity contribution is 6.68. The van der Waals surface area contributed by atoms with Crippen molar-refractivity contribution in [2.24, 2.45) is 0 Å². The summed E-state index contributed by atoms with van der Waals surface area (Å²) in [5.74, 6) is -0.360. The van der Waals surface area contributed by atoms with Gasteiger partial charge in [-0.3, -0.25) is 4.79 Å². The molecule has 5 nitrogen and oxygen atoms in total. The van der Waals surface area contributed by atoms with E-state index in [4.69, 9.17) is 49.4 Å². The normalized spacial score (nSPS) is 9.54. The van der Waals surface area contributed by atoms with Gasteiger partial charge >= 0.3 is 5.97 Å². The molecule has 1 N–H and O–H groups in total. The van der Waals surface area contributed by atoms with Crippen LogP contribution in [0.3, 0.4) is 0 Å². The number of benzene rings is 2. The van der Waals surface area contributed by atoms with Gasteiger partial charge in [0.15, 0.2) is 0 Å². The van der Waals surface area contributed by atoms with Crippen LogP contribution in [0.2, 0.25) is 10.0 Å². The molecule has 0 saturated carbocycles. The molecule has 24 heavy (non-hydrogen) atoms. The number of halogens is 3. The molecule has 0 saturated heterocycles. The molecule has 0 radical (unpaired) electrons. The number of ether oxygens (including phenoxy) is 2. The predicted octanol–water partition coefficient (Wildman–Crippen LogP) is 4.77. The summed E-state index contributed by atoms with van der Waals surface area (Å²) in [4.78, 5) is 21.3. The fourth-order valence-corrected chi connectivity index (χ4v) is 2.15. The summed E-state index contributed by atoms with van der Waals surface area (Å²) in [5.41, 5.74) is 0.436. The summed E-state index contributed by atoms with van der Waals surface area (Å²) in [7, 11) is 2.85. The first kappa shape index (κ1) is 20.1. The zero-order valence-electron chi connectivity index (χ0n) is 12.7. The summed E-state index contributed by atoms with van der Waals surface area (Å²) < 4.78 is 9.72. The lowest BCUT2D eigenvalue weighted by Crippen LogP contribution is -1.99. The number of carbonyl (C=O) groups is 2. The van der Waals surface area contributed by atoms with Crippen LogP contribution in [0.1, 0.15) is 20.7 Å². The summed E-state index contributed by atoms with van der Waals surface area (Å²) >= 11 is 16.6. The number of carboxylic acid groups (broad SMARTS) is 1. The molecule has 8 heteroatoms. The minimum Gasteiger partial charge on any atom is -0.496 e. The van der Waals surface area contributed by atoms with E-state index in [2.05, 4.69) is 0 Å².